The van der Waals surface area contributed by atoms with Crippen molar-refractivity contribution in [2.45, 2.75) is 32.4 Å². The van der Waals surface area contributed by atoms with Gasteiger partial charge in [0, 0.05) is 6.54 Å². The van der Waals surface area contributed by atoms with E-state index in [1.807, 2.05) is 24.3 Å². The number of amides is 2. The number of carbonyl (C=O) groups is 2. The van der Waals surface area contributed by atoms with Crippen LogP contribution in [0.3, 0.4) is 0 Å². The van der Waals surface area contributed by atoms with Crippen molar-refractivity contribution < 1.29 is 19.8 Å². The van der Waals surface area contributed by atoms with Crippen molar-refractivity contribution in [2.75, 3.05) is 6.54 Å². The van der Waals surface area contributed by atoms with Gasteiger partial charge in [0.25, 0.3) is 0 Å². The van der Waals surface area contributed by atoms with E-state index >= 15 is 0 Å². The van der Waals surface area contributed by atoms with Gasteiger partial charge in [0.1, 0.15) is 0 Å². The summed E-state index contributed by atoms with van der Waals surface area (Å²) in [6.07, 6.45) is -1.59. The molecule has 1 aromatic rings. The Labute approximate surface area is 117 Å². The van der Waals surface area contributed by atoms with Gasteiger partial charge < -0.3 is 20.8 Å². The van der Waals surface area contributed by atoms with Crippen LogP contribution in [0.2, 0.25) is 0 Å². The van der Waals surface area contributed by atoms with E-state index < -0.39 is 18.1 Å². The van der Waals surface area contributed by atoms with Crippen LogP contribution >= 0.6 is 0 Å². The smallest absolute Gasteiger partial charge is 0.334 e. The topological polar surface area (TPSA) is 98.7 Å². The lowest BCUT2D eigenvalue weighted by Crippen LogP contribution is -2.41. The highest BCUT2D eigenvalue weighted by atomic mass is 16.4. The van der Waals surface area contributed by atoms with Gasteiger partial charge in [-0.1, -0.05) is 38.1 Å². The number of aliphatic hydroxyl groups excluding tert-OH is 1. The number of hydrogen-bond acceptors (Lipinski definition) is 3. The second kappa shape index (κ2) is 7.49. The third kappa shape index (κ3) is 5.27. The molecule has 0 radical (unpaired) electrons. The molecule has 1 atom stereocenters. The number of aliphatic carboxylic acids is 1. The lowest BCUT2D eigenvalue weighted by atomic mass is 10.0. The predicted octanol–water partition coefficient (Wildman–Crippen LogP) is 1.05. The quantitative estimate of drug-likeness (QED) is 0.626. The number of aliphatic hydroxyl groups is 1. The maximum absolute atomic E-state index is 11.4. The molecule has 0 saturated carbocycles. The zero-order chi connectivity index (χ0) is 15.1. The van der Waals surface area contributed by atoms with E-state index in [2.05, 4.69) is 24.5 Å². The Morgan fingerprint density at radius 3 is 2.25 bits per heavy atom. The number of carbonyl (C=O) groups excluding carboxylic acids is 1. The van der Waals surface area contributed by atoms with Crippen molar-refractivity contribution >= 4 is 12.0 Å². The Balaban J connectivity index is 2.35. The largest absolute Gasteiger partial charge is 0.479 e. The first-order valence-electron chi connectivity index (χ1n) is 6.41. The van der Waals surface area contributed by atoms with Crippen molar-refractivity contribution in [3.05, 3.63) is 35.4 Å². The van der Waals surface area contributed by atoms with Gasteiger partial charge in [0.15, 0.2) is 6.10 Å². The second-order valence-electron chi connectivity index (χ2n) is 4.81. The Hall–Kier alpha value is -2.08. The molecule has 0 saturated heterocycles. The molecule has 0 aliphatic heterocycles. The summed E-state index contributed by atoms with van der Waals surface area (Å²) in [5.74, 6) is -0.910. The second-order valence-corrected chi connectivity index (χ2v) is 4.81. The van der Waals surface area contributed by atoms with Crippen molar-refractivity contribution in [2.24, 2.45) is 0 Å². The van der Waals surface area contributed by atoms with E-state index in [-0.39, 0.29) is 6.54 Å². The first-order chi connectivity index (χ1) is 9.40. The van der Waals surface area contributed by atoms with Gasteiger partial charge in [-0.25, -0.2) is 9.59 Å². The van der Waals surface area contributed by atoms with Crippen LogP contribution in [-0.4, -0.2) is 34.9 Å². The van der Waals surface area contributed by atoms with E-state index in [9.17, 15) is 9.59 Å². The van der Waals surface area contributed by atoms with Gasteiger partial charge in [0.05, 0.1) is 6.54 Å². The Morgan fingerprint density at radius 2 is 1.75 bits per heavy atom. The van der Waals surface area contributed by atoms with Crippen LogP contribution in [0.4, 0.5) is 4.79 Å². The van der Waals surface area contributed by atoms with E-state index in [0.717, 1.165) is 5.56 Å². The van der Waals surface area contributed by atoms with E-state index in [0.29, 0.717) is 12.5 Å². The van der Waals surface area contributed by atoms with Gasteiger partial charge >= 0.3 is 12.0 Å². The molecule has 4 N–H and O–H groups in total. The molecule has 20 heavy (non-hydrogen) atoms. The monoisotopic (exact) mass is 280 g/mol. The van der Waals surface area contributed by atoms with E-state index in [1.54, 1.807) is 0 Å². The Bertz CT molecular complexity index is 457. The molecule has 0 bridgehead atoms. The van der Waals surface area contributed by atoms with Gasteiger partial charge in [-0.05, 0) is 17.0 Å². The van der Waals surface area contributed by atoms with Crippen molar-refractivity contribution in [1.82, 2.24) is 10.6 Å². The summed E-state index contributed by atoms with van der Waals surface area (Å²) in [6, 6.07) is 7.36. The highest BCUT2D eigenvalue weighted by Crippen LogP contribution is 2.14. The molecule has 6 nitrogen and oxygen atoms in total. The van der Waals surface area contributed by atoms with Gasteiger partial charge in [-0.3, -0.25) is 0 Å². The van der Waals surface area contributed by atoms with Crippen molar-refractivity contribution in [3.8, 4) is 0 Å². The molecular weight excluding hydrogens is 260 g/mol. The molecule has 0 heterocycles. The molecule has 0 fully saturated rings. The van der Waals surface area contributed by atoms with Crippen LogP contribution in [-0.2, 0) is 11.3 Å². The standard InChI is InChI=1S/C14H20N2O4/c1-9(2)11-5-3-10(4-6-11)7-15-14(20)16-8-12(17)13(18)19/h3-6,9,12,17H,7-8H2,1-2H3,(H,18,19)(H2,15,16,20). The fraction of sp³-hybridized carbons (Fsp3) is 0.429. The molecule has 0 aliphatic carbocycles. The van der Waals surface area contributed by atoms with E-state index in [1.165, 1.54) is 5.56 Å². The van der Waals surface area contributed by atoms with Crippen LogP contribution in [0.25, 0.3) is 0 Å². The SMILES string of the molecule is CC(C)c1ccc(CNC(=O)NCC(O)C(=O)O)cc1. The average Bonchev–Trinajstić information content (AvgIpc) is 2.42. The molecule has 0 spiro atoms. The summed E-state index contributed by atoms with van der Waals surface area (Å²) < 4.78 is 0. The van der Waals surface area contributed by atoms with Crippen molar-refractivity contribution in [3.63, 3.8) is 0 Å². The predicted molar refractivity (Wildman–Crippen MR) is 74.4 cm³/mol. The number of carboxylic acid groups (broad SMARTS) is 1. The highest BCUT2D eigenvalue weighted by molar-refractivity contribution is 5.76. The number of urea groups is 1. The first-order valence-corrected chi connectivity index (χ1v) is 6.41. The average molecular weight is 280 g/mol. The molecule has 1 unspecified atom stereocenters. The molecule has 110 valence electrons. The summed E-state index contributed by atoms with van der Waals surface area (Å²) in [7, 11) is 0. The normalized spacial score (nSPS) is 12.0. The molecule has 1 rings (SSSR count). The Kier molecular flexibility index (Phi) is 5.99. The molecule has 6 heteroatoms. The fourth-order valence-corrected chi connectivity index (χ4v) is 1.54. The zero-order valence-electron chi connectivity index (χ0n) is 11.6. The van der Waals surface area contributed by atoms with Gasteiger partial charge in [-0.15, -0.1) is 0 Å². The highest BCUT2D eigenvalue weighted by Gasteiger charge is 2.13. The van der Waals surface area contributed by atoms with Crippen LogP contribution in [0.15, 0.2) is 24.3 Å². The number of benzene rings is 1. The Morgan fingerprint density at radius 1 is 1.15 bits per heavy atom. The van der Waals surface area contributed by atoms with Crippen LogP contribution in [0.1, 0.15) is 30.9 Å². The summed E-state index contributed by atoms with van der Waals surface area (Å²) in [5.41, 5.74) is 2.17. The number of carboxylic acids is 1. The summed E-state index contributed by atoms with van der Waals surface area (Å²) in [4.78, 5) is 21.7. The van der Waals surface area contributed by atoms with E-state index in [4.69, 9.17) is 10.2 Å². The number of hydrogen-bond donors (Lipinski definition) is 4. The van der Waals surface area contributed by atoms with Crippen LogP contribution in [0.5, 0.6) is 0 Å². The first kappa shape index (κ1) is 16.0. The fourth-order valence-electron chi connectivity index (χ4n) is 1.54. The maximum Gasteiger partial charge on any atom is 0.334 e. The summed E-state index contributed by atoms with van der Waals surface area (Å²) in [5, 5.41) is 22.3. The number of rotatable bonds is 6. The minimum Gasteiger partial charge on any atom is -0.479 e. The lowest BCUT2D eigenvalue weighted by Gasteiger charge is -2.10. The third-order valence-electron chi connectivity index (χ3n) is 2.84. The van der Waals surface area contributed by atoms with Gasteiger partial charge in [-0.2, -0.15) is 0 Å². The lowest BCUT2D eigenvalue weighted by molar-refractivity contribution is -0.146. The van der Waals surface area contributed by atoms with Crippen LogP contribution in [0, 0.1) is 0 Å². The molecule has 1 aromatic carbocycles. The zero-order valence-corrected chi connectivity index (χ0v) is 11.6. The summed E-state index contributed by atoms with van der Waals surface area (Å²) in [6.45, 7) is 4.23. The summed E-state index contributed by atoms with van der Waals surface area (Å²) >= 11 is 0. The molecular formula is C14H20N2O4. The molecule has 2 amide bonds. The number of nitrogens with one attached hydrogen (secondary N) is 2. The van der Waals surface area contributed by atoms with Gasteiger partial charge in [0.2, 0.25) is 0 Å². The molecule has 0 aliphatic rings. The minimum atomic E-state index is -1.59. The van der Waals surface area contributed by atoms with Crippen LogP contribution < -0.4 is 10.6 Å². The minimum absolute atomic E-state index is 0.326. The third-order valence-corrected chi connectivity index (χ3v) is 2.84. The molecule has 0 aromatic heterocycles. The van der Waals surface area contributed by atoms with Crippen molar-refractivity contribution in [1.29, 1.82) is 0 Å². The maximum atomic E-state index is 11.4.